The monoisotopic (exact) mass is 292 g/mol. The molecule has 1 aromatic rings. The number of aliphatic imine (C=N–C) groups is 1. The van der Waals surface area contributed by atoms with Crippen molar-refractivity contribution in [3.63, 3.8) is 0 Å². The maximum atomic E-state index is 9.10. The van der Waals surface area contributed by atoms with Gasteiger partial charge in [0.05, 0.1) is 23.0 Å². The fourth-order valence-corrected chi connectivity index (χ4v) is 3.66. The Kier molecular flexibility index (Phi) is 3.44. The van der Waals surface area contributed by atoms with E-state index in [9.17, 15) is 0 Å². The van der Waals surface area contributed by atoms with E-state index in [0.29, 0.717) is 17.9 Å². The molecule has 22 heavy (non-hydrogen) atoms. The third kappa shape index (κ3) is 2.42. The van der Waals surface area contributed by atoms with Gasteiger partial charge in [-0.2, -0.15) is 5.26 Å². The van der Waals surface area contributed by atoms with Gasteiger partial charge in [0, 0.05) is 31.0 Å². The van der Waals surface area contributed by atoms with Crippen LogP contribution in [0.3, 0.4) is 0 Å². The summed E-state index contributed by atoms with van der Waals surface area (Å²) in [6.45, 7) is 3.07. The van der Waals surface area contributed by atoms with E-state index in [-0.39, 0.29) is 0 Å². The molecule has 2 N–H and O–H groups in total. The molecule has 4 heteroatoms. The van der Waals surface area contributed by atoms with E-state index in [4.69, 9.17) is 5.26 Å². The molecule has 4 nitrogen and oxygen atoms in total. The van der Waals surface area contributed by atoms with Crippen LogP contribution in [0, 0.1) is 17.2 Å². The summed E-state index contributed by atoms with van der Waals surface area (Å²) in [6, 6.07) is 10.8. The van der Waals surface area contributed by atoms with Gasteiger partial charge in [-0.15, -0.1) is 0 Å². The molecular formula is C18H20N4. The van der Waals surface area contributed by atoms with Crippen molar-refractivity contribution < 1.29 is 0 Å². The van der Waals surface area contributed by atoms with Gasteiger partial charge in [0.15, 0.2) is 0 Å². The van der Waals surface area contributed by atoms with E-state index in [1.807, 2.05) is 18.2 Å². The number of hydrogen-bond donors (Lipinski definition) is 2. The summed E-state index contributed by atoms with van der Waals surface area (Å²) in [4.78, 5) is 4.59. The zero-order valence-electron chi connectivity index (χ0n) is 12.5. The second-order valence-electron chi connectivity index (χ2n) is 6.42. The van der Waals surface area contributed by atoms with Crippen molar-refractivity contribution in [2.75, 3.05) is 19.6 Å². The predicted molar refractivity (Wildman–Crippen MR) is 86.8 cm³/mol. The highest BCUT2D eigenvalue weighted by Crippen LogP contribution is 2.37. The molecule has 3 atom stereocenters. The molecule has 3 unspecified atom stereocenters. The summed E-state index contributed by atoms with van der Waals surface area (Å²) in [6.07, 6.45) is 4.61. The maximum absolute atomic E-state index is 9.10. The summed E-state index contributed by atoms with van der Waals surface area (Å²) in [5.41, 5.74) is 4.48. The Bertz CT molecular complexity index is 677. The van der Waals surface area contributed by atoms with Crippen LogP contribution in [0.5, 0.6) is 0 Å². The Morgan fingerprint density at radius 3 is 3.05 bits per heavy atom. The number of nitriles is 1. The first-order valence-corrected chi connectivity index (χ1v) is 8.07. The second-order valence-corrected chi connectivity index (χ2v) is 6.42. The van der Waals surface area contributed by atoms with Crippen LogP contribution >= 0.6 is 0 Å². The third-order valence-corrected chi connectivity index (χ3v) is 4.91. The highest BCUT2D eigenvalue weighted by molar-refractivity contribution is 6.05. The molecule has 3 aliphatic rings. The number of hydrogen-bond acceptors (Lipinski definition) is 4. The van der Waals surface area contributed by atoms with Gasteiger partial charge in [0.2, 0.25) is 0 Å². The minimum absolute atomic E-state index is 0.384. The van der Waals surface area contributed by atoms with E-state index < -0.39 is 0 Å². The minimum Gasteiger partial charge on any atom is -0.380 e. The van der Waals surface area contributed by atoms with Crippen LogP contribution in [0.15, 0.2) is 41.0 Å². The standard InChI is InChI=1S/C18H20N4/c19-9-12-2-1-3-13(6-12)14-7-15-10-21-18(15)17(8-14)22-16-4-5-20-11-16/h1-3,6,8,14-16,20,22H,4-5,7,10-11H2. The van der Waals surface area contributed by atoms with Gasteiger partial charge in [-0.25, -0.2) is 0 Å². The van der Waals surface area contributed by atoms with Crippen molar-refractivity contribution in [3.05, 3.63) is 47.2 Å². The summed E-state index contributed by atoms with van der Waals surface area (Å²) in [5, 5.41) is 16.2. The lowest BCUT2D eigenvalue weighted by atomic mass is 9.77. The van der Waals surface area contributed by atoms with Crippen molar-refractivity contribution in [2.45, 2.75) is 24.8 Å². The SMILES string of the molecule is N#Cc1cccc(C2C=C(NC3CCNC3)C3=NCC3C2)c1. The largest absolute Gasteiger partial charge is 0.380 e. The van der Waals surface area contributed by atoms with E-state index in [1.54, 1.807) is 0 Å². The number of rotatable bonds is 3. The maximum Gasteiger partial charge on any atom is 0.0991 e. The number of fused-ring (bicyclic) bond motifs is 1. The van der Waals surface area contributed by atoms with Gasteiger partial charge >= 0.3 is 0 Å². The summed E-state index contributed by atoms with van der Waals surface area (Å²) < 4.78 is 0. The lowest BCUT2D eigenvalue weighted by Crippen LogP contribution is -2.42. The highest BCUT2D eigenvalue weighted by Gasteiger charge is 2.35. The third-order valence-electron chi connectivity index (χ3n) is 4.91. The Labute approximate surface area is 130 Å². The van der Waals surface area contributed by atoms with Crippen LogP contribution in [0.25, 0.3) is 0 Å². The van der Waals surface area contributed by atoms with Crippen LogP contribution < -0.4 is 10.6 Å². The molecule has 0 saturated carbocycles. The quantitative estimate of drug-likeness (QED) is 0.895. The molecule has 112 valence electrons. The van der Waals surface area contributed by atoms with Crippen LogP contribution in [-0.2, 0) is 0 Å². The first-order valence-electron chi connectivity index (χ1n) is 8.07. The molecule has 0 spiro atoms. The Morgan fingerprint density at radius 1 is 1.36 bits per heavy atom. The first kappa shape index (κ1) is 13.5. The van der Waals surface area contributed by atoms with Gasteiger partial charge in [-0.05, 0) is 37.1 Å². The van der Waals surface area contributed by atoms with Crippen molar-refractivity contribution in [1.82, 2.24) is 10.6 Å². The summed E-state index contributed by atoms with van der Waals surface area (Å²) >= 11 is 0. The fourth-order valence-electron chi connectivity index (χ4n) is 3.66. The van der Waals surface area contributed by atoms with Crippen LogP contribution in [0.2, 0.25) is 0 Å². The molecular weight excluding hydrogens is 272 g/mol. The summed E-state index contributed by atoms with van der Waals surface area (Å²) in [7, 11) is 0. The molecule has 0 amide bonds. The molecule has 1 fully saturated rings. The van der Waals surface area contributed by atoms with Crippen LogP contribution in [-0.4, -0.2) is 31.4 Å². The van der Waals surface area contributed by atoms with Gasteiger partial charge < -0.3 is 10.6 Å². The average Bonchev–Trinajstić information content (AvgIpc) is 3.02. The lowest BCUT2D eigenvalue weighted by Gasteiger charge is -2.36. The van der Waals surface area contributed by atoms with E-state index >= 15 is 0 Å². The molecule has 1 saturated heterocycles. The Morgan fingerprint density at radius 2 is 2.32 bits per heavy atom. The van der Waals surface area contributed by atoms with Gasteiger partial charge in [0.25, 0.3) is 0 Å². The smallest absolute Gasteiger partial charge is 0.0991 e. The predicted octanol–water partition coefficient (Wildman–Crippen LogP) is 1.95. The number of nitrogens with one attached hydrogen (secondary N) is 2. The molecule has 0 radical (unpaired) electrons. The van der Waals surface area contributed by atoms with Crippen molar-refractivity contribution in [1.29, 1.82) is 5.26 Å². The number of allylic oxidation sites excluding steroid dienone is 2. The molecule has 0 bridgehead atoms. The van der Waals surface area contributed by atoms with Crippen molar-refractivity contribution >= 4 is 5.71 Å². The van der Waals surface area contributed by atoms with E-state index in [2.05, 4.69) is 33.8 Å². The number of nitrogens with zero attached hydrogens (tertiary/aromatic N) is 2. The lowest BCUT2D eigenvalue weighted by molar-refractivity contribution is 0.517. The average molecular weight is 292 g/mol. The molecule has 4 rings (SSSR count). The highest BCUT2D eigenvalue weighted by atomic mass is 15.1. The first-order chi connectivity index (χ1) is 10.8. The normalized spacial score (nSPS) is 29.7. The van der Waals surface area contributed by atoms with E-state index in [1.165, 1.54) is 23.4 Å². The molecule has 1 aromatic carbocycles. The molecule has 1 aliphatic carbocycles. The number of benzene rings is 1. The fraction of sp³-hybridized carbons (Fsp3) is 0.444. The zero-order chi connectivity index (χ0) is 14.9. The topological polar surface area (TPSA) is 60.2 Å². The second kappa shape index (κ2) is 5.58. The van der Waals surface area contributed by atoms with Crippen molar-refractivity contribution in [3.8, 4) is 6.07 Å². The molecule has 0 aromatic heterocycles. The minimum atomic E-state index is 0.384. The van der Waals surface area contributed by atoms with Crippen LogP contribution in [0.1, 0.15) is 29.9 Å². The van der Waals surface area contributed by atoms with Crippen molar-refractivity contribution in [2.24, 2.45) is 10.9 Å². The van der Waals surface area contributed by atoms with Gasteiger partial charge in [-0.3, -0.25) is 4.99 Å². The van der Waals surface area contributed by atoms with Crippen LogP contribution in [0.4, 0.5) is 0 Å². The Hall–Kier alpha value is -2.12. The Balaban J connectivity index is 1.61. The van der Waals surface area contributed by atoms with Gasteiger partial charge in [-0.1, -0.05) is 18.2 Å². The van der Waals surface area contributed by atoms with E-state index in [0.717, 1.165) is 31.6 Å². The van der Waals surface area contributed by atoms with Gasteiger partial charge in [0.1, 0.15) is 0 Å². The molecule has 2 aliphatic heterocycles. The zero-order valence-corrected chi connectivity index (χ0v) is 12.5. The summed E-state index contributed by atoms with van der Waals surface area (Å²) in [5.74, 6) is 0.965. The molecule has 2 heterocycles.